The van der Waals surface area contributed by atoms with Gasteiger partial charge >= 0.3 is 0 Å². The number of aromatic nitrogens is 7. The number of H-pyrrole nitrogens is 2. The van der Waals surface area contributed by atoms with Crippen molar-refractivity contribution in [2.24, 2.45) is 0 Å². The van der Waals surface area contributed by atoms with Gasteiger partial charge in [-0.25, -0.2) is 0 Å². The van der Waals surface area contributed by atoms with Crippen LogP contribution in [0.2, 0.25) is 5.02 Å². The van der Waals surface area contributed by atoms with Gasteiger partial charge in [0.05, 0.1) is 15.9 Å². The number of pyridine rings is 1. The molecule has 2 aromatic carbocycles. The quantitative estimate of drug-likeness (QED) is 0.326. The maximum atomic E-state index is 14.3. The number of halogens is 2. The number of nitrogens with one attached hydrogen (secondary N) is 2. The standard InChI is InChI=1S/C25H19ClFN7/c1-2-18(19-11-12-28-14-21(19)26)24(17-8-9-22-20(13-17)25(27)32-29-22)16-6-3-15(4-7-16)5-10-23-30-33-34-31-23/h3-14H,2H2,1H3,(H,29,32)(H,30,31,33,34). The number of benzene rings is 2. The van der Waals surface area contributed by atoms with E-state index < -0.39 is 5.95 Å². The molecule has 34 heavy (non-hydrogen) atoms. The van der Waals surface area contributed by atoms with Gasteiger partial charge in [0.2, 0.25) is 5.95 Å². The lowest BCUT2D eigenvalue weighted by Crippen LogP contribution is -1.96. The molecule has 9 heteroatoms. The molecule has 0 spiro atoms. The average Bonchev–Trinajstić information content (AvgIpc) is 3.52. The van der Waals surface area contributed by atoms with Gasteiger partial charge in [-0.15, -0.1) is 15.3 Å². The molecule has 0 amide bonds. The van der Waals surface area contributed by atoms with Gasteiger partial charge in [-0.05, 0) is 69.3 Å². The van der Waals surface area contributed by atoms with Crippen LogP contribution in [0.5, 0.6) is 0 Å². The first-order chi connectivity index (χ1) is 16.6. The molecule has 7 nitrogen and oxygen atoms in total. The Morgan fingerprint density at radius 3 is 2.59 bits per heavy atom. The highest BCUT2D eigenvalue weighted by Gasteiger charge is 2.17. The summed E-state index contributed by atoms with van der Waals surface area (Å²) in [6.07, 6.45) is 7.75. The maximum absolute atomic E-state index is 14.3. The molecule has 2 N–H and O–H groups in total. The van der Waals surface area contributed by atoms with E-state index in [1.165, 1.54) is 0 Å². The topological polar surface area (TPSA) is 96.0 Å². The van der Waals surface area contributed by atoms with E-state index in [9.17, 15) is 4.39 Å². The number of tetrazole rings is 1. The molecule has 0 aliphatic carbocycles. The number of hydrogen-bond acceptors (Lipinski definition) is 5. The first-order valence-electron chi connectivity index (χ1n) is 10.6. The lowest BCUT2D eigenvalue weighted by molar-refractivity contribution is 0.588. The second-order valence-electron chi connectivity index (χ2n) is 7.56. The van der Waals surface area contributed by atoms with Gasteiger partial charge in [-0.2, -0.15) is 9.60 Å². The van der Waals surface area contributed by atoms with E-state index in [-0.39, 0.29) is 0 Å². The smallest absolute Gasteiger partial charge is 0.240 e. The van der Waals surface area contributed by atoms with Crippen LogP contribution in [0.3, 0.4) is 0 Å². The first-order valence-corrected chi connectivity index (χ1v) is 11.0. The van der Waals surface area contributed by atoms with E-state index in [0.29, 0.717) is 28.2 Å². The van der Waals surface area contributed by atoms with Gasteiger partial charge < -0.3 is 0 Å². The van der Waals surface area contributed by atoms with E-state index in [1.54, 1.807) is 18.5 Å². The lowest BCUT2D eigenvalue weighted by atomic mass is 9.87. The Bertz CT molecular complexity index is 1500. The van der Waals surface area contributed by atoms with Crippen LogP contribution in [0.15, 0.2) is 60.9 Å². The van der Waals surface area contributed by atoms with Crippen molar-refractivity contribution in [2.45, 2.75) is 13.3 Å². The predicted molar refractivity (Wildman–Crippen MR) is 131 cm³/mol. The summed E-state index contributed by atoms with van der Waals surface area (Å²) < 4.78 is 14.3. The van der Waals surface area contributed by atoms with Gasteiger partial charge in [0.15, 0.2) is 5.82 Å². The molecular weight excluding hydrogens is 453 g/mol. The van der Waals surface area contributed by atoms with E-state index in [4.69, 9.17) is 11.6 Å². The summed E-state index contributed by atoms with van der Waals surface area (Å²) in [5, 5.41) is 21.2. The van der Waals surface area contributed by atoms with E-state index in [0.717, 1.165) is 33.4 Å². The molecule has 0 radical (unpaired) electrons. The summed E-state index contributed by atoms with van der Waals surface area (Å²) in [6, 6.07) is 15.6. The van der Waals surface area contributed by atoms with Crippen LogP contribution in [0.1, 0.15) is 41.4 Å². The van der Waals surface area contributed by atoms with Crippen LogP contribution in [0, 0.1) is 5.95 Å². The molecule has 0 bridgehead atoms. The molecule has 0 fully saturated rings. The molecule has 0 aliphatic heterocycles. The Kier molecular flexibility index (Phi) is 5.97. The molecular formula is C25H19ClFN7. The number of hydrogen-bond donors (Lipinski definition) is 2. The zero-order valence-corrected chi connectivity index (χ0v) is 18.9. The van der Waals surface area contributed by atoms with Gasteiger partial charge in [0, 0.05) is 12.4 Å². The van der Waals surface area contributed by atoms with Crippen LogP contribution in [-0.4, -0.2) is 35.8 Å². The number of nitrogens with zero attached hydrogens (tertiary/aromatic N) is 5. The minimum atomic E-state index is -0.529. The van der Waals surface area contributed by atoms with Gasteiger partial charge in [0.25, 0.3) is 0 Å². The monoisotopic (exact) mass is 471 g/mol. The summed E-state index contributed by atoms with van der Waals surface area (Å²) in [6.45, 7) is 2.07. The third-order valence-electron chi connectivity index (χ3n) is 5.54. The fourth-order valence-corrected chi connectivity index (χ4v) is 4.18. The molecule has 5 rings (SSSR count). The van der Waals surface area contributed by atoms with Gasteiger partial charge in [0.1, 0.15) is 0 Å². The molecule has 5 aromatic rings. The largest absolute Gasteiger partial charge is 0.275 e. The Labute approximate surface area is 199 Å². The first kappa shape index (κ1) is 21.7. The number of aromatic amines is 2. The molecule has 0 unspecified atom stereocenters. The van der Waals surface area contributed by atoms with Crippen molar-refractivity contribution in [1.82, 2.24) is 35.8 Å². The normalized spacial score (nSPS) is 12.4. The Morgan fingerprint density at radius 1 is 1.03 bits per heavy atom. The molecule has 168 valence electrons. The summed E-state index contributed by atoms with van der Waals surface area (Å²) in [4.78, 5) is 4.12. The zero-order chi connectivity index (χ0) is 23.5. The highest BCUT2D eigenvalue weighted by molar-refractivity contribution is 6.32. The Balaban J connectivity index is 1.66. The van der Waals surface area contributed by atoms with Gasteiger partial charge in [-0.1, -0.05) is 54.9 Å². The van der Waals surface area contributed by atoms with Crippen molar-refractivity contribution in [2.75, 3.05) is 0 Å². The summed E-state index contributed by atoms with van der Waals surface area (Å²) >= 11 is 6.53. The third-order valence-corrected chi connectivity index (χ3v) is 5.85. The van der Waals surface area contributed by atoms with Crippen LogP contribution in [0.25, 0.3) is 34.2 Å². The minimum Gasteiger partial charge on any atom is -0.275 e. The van der Waals surface area contributed by atoms with Crippen molar-refractivity contribution in [3.8, 4) is 0 Å². The average molecular weight is 472 g/mol. The highest BCUT2D eigenvalue weighted by Crippen LogP contribution is 2.38. The second-order valence-corrected chi connectivity index (χ2v) is 7.97. The van der Waals surface area contributed by atoms with E-state index in [1.807, 2.05) is 54.6 Å². The SMILES string of the molecule is CCC(=C(c1ccc(C=Cc2nn[nH]n2)cc1)c1ccc2[nH]nc(F)c2c1)c1ccncc1Cl. The molecule has 3 heterocycles. The fourth-order valence-electron chi connectivity index (χ4n) is 3.95. The van der Waals surface area contributed by atoms with E-state index in [2.05, 4.69) is 42.7 Å². The van der Waals surface area contributed by atoms with Crippen molar-refractivity contribution < 1.29 is 4.39 Å². The van der Waals surface area contributed by atoms with Crippen LogP contribution < -0.4 is 0 Å². The summed E-state index contributed by atoms with van der Waals surface area (Å²) in [5.41, 5.74) is 6.35. The molecule has 0 aliphatic rings. The second kappa shape index (κ2) is 9.36. The van der Waals surface area contributed by atoms with Crippen molar-refractivity contribution in [3.05, 3.63) is 100.0 Å². The number of rotatable bonds is 6. The van der Waals surface area contributed by atoms with Crippen molar-refractivity contribution in [1.29, 1.82) is 0 Å². The predicted octanol–water partition coefficient (Wildman–Crippen LogP) is 5.80. The Hall–Kier alpha value is -4.17. The van der Waals surface area contributed by atoms with Crippen LogP contribution in [-0.2, 0) is 0 Å². The van der Waals surface area contributed by atoms with Crippen molar-refractivity contribution >= 4 is 45.8 Å². The summed E-state index contributed by atoms with van der Waals surface area (Å²) in [7, 11) is 0. The Morgan fingerprint density at radius 2 is 1.85 bits per heavy atom. The zero-order valence-electron chi connectivity index (χ0n) is 18.1. The van der Waals surface area contributed by atoms with E-state index >= 15 is 0 Å². The fraction of sp³-hybridized carbons (Fsp3) is 0.0800. The van der Waals surface area contributed by atoms with Crippen LogP contribution >= 0.6 is 11.6 Å². The minimum absolute atomic E-state index is 0.436. The van der Waals surface area contributed by atoms with Crippen molar-refractivity contribution in [3.63, 3.8) is 0 Å². The van der Waals surface area contributed by atoms with Gasteiger partial charge in [-0.3, -0.25) is 10.1 Å². The molecule has 0 atom stereocenters. The highest BCUT2D eigenvalue weighted by atomic mass is 35.5. The lowest BCUT2D eigenvalue weighted by Gasteiger charge is -2.17. The number of fused-ring (bicyclic) bond motifs is 1. The molecule has 3 aromatic heterocycles. The number of allylic oxidation sites excluding steroid dienone is 1. The van der Waals surface area contributed by atoms with Crippen LogP contribution in [0.4, 0.5) is 4.39 Å². The third kappa shape index (κ3) is 4.23. The molecule has 0 saturated carbocycles. The molecule has 0 saturated heterocycles. The summed E-state index contributed by atoms with van der Waals surface area (Å²) in [5.74, 6) is -0.0288. The maximum Gasteiger partial charge on any atom is 0.240 e.